The van der Waals surface area contributed by atoms with E-state index in [0.717, 1.165) is 38.4 Å². The third-order valence-electron chi connectivity index (χ3n) is 3.01. The Bertz CT molecular complexity index is 358. The molecule has 104 valence electrons. The van der Waals surface area contributed by atoms with Crippen molar-refractivity contribution in [2.24, 2.45) is 5.92 Å². The number of nitrogens with one attached hydrogen (secondary N) is 1. The molecule has 0 aliphatic heterocycles. The smallest absolute Gasteiger partial charge is 0.0766 e. The fraction of sp³-hybridized carbons (Fsp3) is 0.786. The van der Waals surface area contributed by atoms with Crippen LogP contribution in [0.1, 0.15) is 45.5 Å². The van der Waals surface area contributed by atoms with E-state index in [9.17, 15) is 0 Å². The maximum absolute atomic E-state index is 4.62. The van der Waals surface area contributed by atoms with Crippen molar-refractivity contribution in [2.45, 2.75) is 53.5 Å². The molecule has 0 saturated carbocycles. The molecule has 1 aromatic heterocycles. The zero-order valence-electron chi connectivity index (χ0n) is 12.1. The van der Waals surface area contributed by atoms with Gasteiger partial charge in [-0.2, -0.15) is 5.10 Å². The predicted octanol–water partition coefficient (Wildman–Crippen LogP) is 3.41. The van der Waals surface area contributed by atoms with E-state index in [1.165, 1.54) is 22.3 Å². The van der Waals surface area contributed by atoms with Crippen LogP contribution in [0, 0.1) is 5.92 Å². The van der Waals surface area contributed by atoms with Crippen molar-refractivity contribution in [3.8, 4) is 0 Å². The van der Waals surface area contributed by atoms with Crippen LogP contribution in [-0.4, -0.2) is 22.9 Å². The lowest BCUT2D eigenvalue weighted by molar-refractivity contribution is 0.534. The van der Waals surface area contributed by atoms with E-state index in [1.807, 2.05) is 0 Å². The van der Waals surface area contributed by atoms with E-state index in [0.29, 0.717) is 0 Å². The van der Waals surface area contributed by atoms with Gasteiger partial charge in [0.15, 0.2) is 0 Å². The van der Waals surface area contributed by atoms with Gasteiger partial charge in [-0.05, 0) is 61.1 Å². The number of halogens is 1. The molecule has 0 bridgehead atoms. The SMILES string of the molecule is CCc1nn(CC)c(CCCNCC(C)C)c1Br. The summed E-state index contributed by atoms with van der Waals surface area (Å²) < 4.78 is 3.35. The molecule has 0 saturated heterocycles. The van der Waals surface area contributed by atoms with Crippen LogP contribution in [0.3, 0.4) is 0 Å². The maximum atomic E-state index is 4.62. The predicted molar refractivity (Wildman–Crippen MR) is 81.0 cm³/mol. The Labute approximate surface area is 119 Å². The summed E-state index contributed by atoms with van der Waals surface area (Å²) in [5.41, 5.74) is 2.53. The van der Waals surface area contributed by atoms with Crippen molar-refractivity contribution < 1.29 is 0 Å². The Balaban J connectivity index is 2.48. The number of aryl methyl sites for hydroxylation is 2. The minimum absolute atomic E-state index is 0.726. The van der Waals surface area contributed by atoms with Crippen LogP contribution in [0.25, 0.3) is 0 Å². The summed E-state index contributed by atoms with van der Waals surface area (Å²) in [7, 11) is 0. The van der Waals surface area contributed by atoms with Gasteiger partial charge in [-0.1, -0.05) is 20.8 Å². The van der Waals surface area contributed by atoms with Gasteiger partial charge < -0.3 is 5.32 Å². The summed E-state index contributed by atoms with van der Waals surface area (Å²) in [4.78, 5) is 0. The number of hydrogen-bond acceptors (Lipinski definition) is 2. The summed E-state index contributed by atoms with van der Waals surface area (Å²) in [6, 6.07) is 0. The van der Waals surface area contributed by atoms with Gasteiger partial charge in [0, 0.05) is 6.54 Å². The normalized spacial score (nSPS) is 11.4. The van der Waals surface area contributed by atoms with Crippen molar-refractivity contribution >= 4 is 15.9 Å². The van der Waals surface area contributed by atoms with Gasteiger partial charge in [-0.3, -0.25) is 4.68 Å². The highest BCUT2D eigenvalue weighted by molar-refractivity contribution is 9.10. The molecule has 0 fully saturated rings. The van der Waals surface area contributed by atoms with Crippen LogP contribution in [0.4, 0.5) is 0 Å². The van der Waals surface area contributed by atoms with Crippen molar-refractivity contribution in [3.05, 3.63) is 15.9 Å². The largest absolute Gasteiger partial charge is 0.316 e. The second-order valence-corrected chi connectivity index (χ2v) is 5.87. The monoisotopic (exact) mass is 315 g/mol. The average Bonchev–Trinajstić information content (AvgIpc) is 2.65. The molecule has 1 aromatic rings. The molecule has 0 aromatic carbocycles. The summed E-state index contributed by atoms with van der Waals surface area (Å²) in [6.07, 6.45) is 3.25. The Kier molecular flexibility index (Phi) is 6.94. The first-order valence-corrected chi connectivity index (χ1v) is 7.84. The van der Waals surface area contributed by atoms with E-state index in [4.69, 9.17) is 0 Å². The van der Waals surface area contributed by atoms with Crippen LogP contribution < -0.4 is 5.32 Å². The van der Waals surface area contributed by atoms with Gasteiger partial charge in [0.2, 0.25) is 0 Å². The zero-order chi connectivity index (χ0) is 13.5. The molecule has 0 amide bonds. The molecule has 1 heterocycles. The molecular formula is C14H26BrN3. The molecule has 0 radical (unpaired) electrons. The molecule has 0 aliphatic carbocycles. The van der Waals surface area contributed by atoms with Gasteiger partial charge >= 0.3 is 0 Å². The number of hydrogen-bond donors (Lipinski definition) is 1. The molecule has 18 heavy (non-hydrogen) atoms. The van der Waals surface area contributed by atoms with Crippen LogP contribution in [0.5, 0.6) is 0 Å². The van der Waals surface area contributed by atoms with Gasteiger partial charge in [0.25, 0.3) is 0 Å². The minimum atomic E-state index is 0.726. The number of aromatic nitrogens is 2. The third kappa shape index (κ3) is 4.39. The fourth-order valence-electron chi connectivity index (χ4n) is 2.03. The van der Waals surface area contributed by atoms with Crippen molar-refractivity contribution in [1.29, 1.82) is 0 Å². The highest BCUT2D eigenvalue weighted by atomic mass is 79.9. The summed E-state index contributed by atoms with van der Waals surface area (Å²) in [5.74, 6) is 0.726. The average molecular weight is 316 g/mol. The molecule has 0 unspecified atom stereocenters. The summed E-state index contributed by atoms with van der Waals surface area (Å²) in [5, 5.41) is 8.11. The van der Waals surface area contributed by atoms with Crippen molar-refractivity contribution in [1.82, 2.24) is 15.1 Å². The lowest BCUT2D eigenvalue weighted by Gasteiger charge is -2.08. The lowest BCUT2D eigenvalue weighted by atomic mass is 10.2. The van der Waals surface area contributed by atoms with Crippen LogP contribution in [-0.2, 0) is 19.4 Å². The molecular weight excluding hydrogens is 290 g/mol. The maximum Gasteiger partial charge on any atom is 0.0766 e. The lowest BCUT2D eigenvalue weighted by Crippen LogP contribution is -2.21. The summed E-state index contributed by atoms with van der Waals surface area (Å²) >= 11 is 3.69. The Morgan fingerprint density at radius 3 is 2.61 bits per heavy atom. The molecule has 4 heteroatoms. The molecule has 0 atom stereocenters. The first-order valence-electron chi connectivity index (χ1n) is 7.04. The second-order valence-electron chi connectivity index (χ2n) is 5.08. The Hall–Kier alpha value is -0.350. The molecule has 0 aliphatic rings. The molecule has 1 N–H and O–H groups in total. The van der Waals surface area contributed by atoms with E-state index in [1.54, 1.807) is 0 Å². The second kappa shape index (κ2) is 7.95. The number of nitrogens with zero attached hydrogens (tertiary/aromatic N) is 2. The van der Waals surface area contributed by atoms with Crippen molar-refractivity contribution in [3.63, 3.8) is 0 Å². The van der Waals surface area contributed by atoms with E-state index >= 15 is 0 Å². The first-order chi connectivity index (χ1) is 8.60. The highest BCUT2D eigenvalue weighted by Crippen LogP contribution is 2.23. The first kappa shape index (κ1) is 15.7. The van der Waals surface area contributed by atoms with Gasteiger partial charge in [0.1, 0.15) is 0 Å². The van der Waals surface area contributed by atoms with E-state index < -0.39 is 0 Å². The van der Waals surface area contributed by atoms with E-state index in [2.05, 4.69) is 58.7 Å². The van der Waals surface area contributed by atoms with Gasteiger partial charge in [-0.15, -0.1) is 0 Å². The van der Waals surface area contributed by atoms with E-state index in [-0.39, 0.29) is 0 Å². The minimum Gasteiger partial charge on any atom is -0.316 e. The van der Waals surface area contributed by atoms with Crippen LogP contribution >= 0.6 is 15.9 Å². The molecule has 1 rings (SSSR count). The molecule has 0 spiro atoms. The fourth-order valence-corrected chi connectivity index (χ4v) is 2.79. The van der Waals surface area contributed by atoms with Gasteiger partial charge in [-0.25, -0.2) is 0 Å². The van der Waals surface area contributed by atoms with Crippen LogP contribution in [0.2, 0.25) is 0 Å². The topological polar surface area (TPSA) is 29.9 Å². The standard InChI is InChI=1S/C14H26BrN3/c1-5-12-14(15)13(18(6-2)17-12)8-7-9-16-10-11(3)4/h11,16H,5-10H2,1-4H3. The molecule has 3 nitrogen and oxygen atoms in total. The summed E-state index contributed by atoms with van der Waals surface area (Å²) in [6.45, 7) is 11.9. The Morgan fingerprint density at radius 2 is 2.06 bits per heavy atom. The number of rotatable bonds is 8. The zero-order valence-corrected chi connectivity index (χ0v) is 13.7. The third-order valence-corrected chi connectivity index (χ3v) is 3.93. The van der Waals surface area contributed by atoms with Crippen molar-refractivity contribution in [2.75, 3.05) is 13.1 Å². The quantitative estimate of drug-likeness (QED) is 0.745. The van der Waals surface area contributed by atoms with Crippen LogP contribution in [0.15, 0.2) is 4.47 Å². The Morgan fingerprint density at radius 1 is 1.33 bits per heavy atom. The highest BCUT2D eigenvalue weighted by Gasteiger charge is 2.12. The van der Waals surface area contributed by atoms with Gasteiger partial charge in [0.05, 0.1) is 15.9 Å².